The van der Waals surface area contributed by atoms with Crippen LogP contribution in [0.3, 0.4) is 0 Å². The van der Waals surface area contributed by atoms with Crippen LogP contribution in [0.25, 0.3) is 0 Å². The zero-order valence-electron chi connectivity index (χ0n) is 7.90. The topological polar surface area (TPSA) is 81.8 Å². The number of aromatic carboxylic acids is 1. The molecule has 0 heterocycles. The number of nitrogens with two attached hydrogens (primary N) is 1. The van der Waals surface area contributed by atoms with E-state index in [2.05, 4.69) is 0 Å². The third kappa shape index (κ3) is 1.56. The summed E-state index contributed by atoms with van der Waals surface area (Å²) in [5.74, 6) is -0.786. The van der Waals surface area contributed by atoms with Gasteiger partial charge in [0.15, 0.2) is 5.75 Å². The molecule has 0 aliphatic heterocycles. The number of methoxy groups -OCH3 is 2. The molecule has 0 aromatic heterocycles. The number of benzene rings is 1. The van der Waals surface area contributed by atoms with Gasteiger partial charge in [0.25, 0.3) is 0 Å². The molecule has 0 atom stereocenters. The van der Waals surface area contributed by atoms with Crippen LogP contribution in [0.4, 0.5) is 5.69 Å². The van der Waals surface area contributed by atoms with Gasteiger partial charge >= 0.3 is 5.97 Å². The minimum atomic E-state index is -1.13. The van der Waals surface area contributed by atoms with Crippen LogP contribution >= 0.6 is 0 Å². The van der Waals surface area contributed by atoms with E-state index >= 15 is 0 Å². The highest BCUT2D eigenvalue weighted by Crippen LogP contribution is 2.33. The lowest BCUT2D eigenvalue weighted by atomic mass is 10.1. The van der Waals surface area contributed by atoms with Crippen molar-refractivity contribution in [2.75, 3.05) is 20.0 Å². The predicted molar refractivity (Wildman–Crippen MR) is 50.9 cm³/mol. The molecule has 0 radical (unpaired) electrons. The normalized spacial score (nSPS) is 9.57. The largest absolute Gasteiger partial charge is 0.496 e. The molecule has 0 aliphatic carbocycles. The van der Waals surface area contributed by atoms with Gasteiger partial charge in [-0.3, -0.25) is 0 Å². The fraction of sp³-hybridized carbons (Fsp3) is 0.222. The number of hydrogen-bond donors (Lipinski definition) is 2. The Morgan fingerprint density at radius 1 is 1.36 bits per heavy atom. The van der Waals surface area contributed by atoms with E-state index in [-0.39, 0.29) is 22.7 Å². The van der Waals surface area contributed by atoms with Crippen LogP contribution in [0.15, 0.2) is 12.1 Å². The van der Waals surface area contributed by atoms with Gasteiger partial charge in [-0.2, -0.15) is 0 Å². The van der Waals surface area contributed by atoms with Gasteiger partial charge < -0.3 is 20.3 Å². The monoisotopic (exact) mass is 197 g/mol. The van der Waals surface area contributed by atoms with E-state index in [1.165, 1.54) is 26.4 Å². The van der Waals surface area contributed by atoms with E-state index in [0.29, 0.717) is 0 Å². The van der Waals surface area contributed by atoms with Crippen LogP contribution in [0.5, 0.6) is 11.5 Å². The average molecular weight is 197 g/mol. The molecule has 0 saturated heterocycles. The molecule has 5 heteroatoms. The predicted octanol–water partition coefficient (Wildman–Crippen LogP) is 0.984. The maximum Gasteiger partial charge on any atom is 0.343 e. The van der Waals surface area contributed by atoms with Gasteiger partial charge in [0.05, 0.1) is 19.9 Å². The number of carbonyl (C=O) groups is 1. The van der Waals surface area contributed by atoms with Gasteiger partial charge in [-0.25, -0.2) is 4.79 Å². The molecule has 0 amide bonds. The van der Waals surface area contributed by atoms with Crippen molar-refractivity contribution in [3.05, 3.63) is 17.7 Å². The summed E-state index contributed by atoms with van der Waals surface area (Å²) in [6, 6.07) is 3.02. The highest BCUT2D eigenvalue weighted by Gasteiger charge is 2.19. The Hall–Kier alpha value is -1.91. The van der Waals surface area contributed by atoms with E-state index in [9.17, 15) is 4.79 Å². The zero-order chi connectivity index (χ0) is 10.7. The van der Waals surface area contributed by atoms with Crippen molar-refractivity contribution in [2.45, 2.75) is 0 Å². The number of carboxylic acids is 1. The minimum Gasteiger partial charge on any atom is -0.496 e. The molecule has 0 fully saturated rings. The Morgan fingerprint density at radius 3 is 2.43 bits per heavy atom. The first-order chi connectivity index (χ1) is 6.61. The lowest BCUT2D eigenvalue weighted by Crippen LogP contribution is -2.06. The molecule has 0 saturated carbocycles. The molecule has 0 aliphatic rings. The van der Waals surface area contributed by atoms with Crippen LogP contribution in [0.2, 0.25) is 0 Å². The second kappa shape index (κ2) is 3.87. The summed E-state index contributed by atoms with van der Waals surface area (Å²) in [7, 11) is 2.75. The number of anilines is 1. The molecule has 1 rings (SSSR count). The molecular formula is C9H11NO4. The van der Waals surface area contributed by atoms with E-state index in [4.69, 9.17) is 20.3 Å². The quantitative estimate of drug-likeness (QED) is 0.706. The molecule has 3 N–H and O–H groups in total. The molecule has 0 unspecified atom stereocenters. The SMILES string of the molecule is COc1ccc(N)c(OC)c1C(=O)O. The van der Waals surface area contributed by atoms with Crippen molar-refractivity contribution in [1.29, 1.82) is 0 Å². The third-order valence-electron chi connectivity index (χ3n) is 1.79. The lowest BCUT2D eigenvalue weighted by Gasteiger charge is -2.11. The summed E-state index contributed by atoms with van der Waals surface area (Å²) < 4.78 is 9.78. The maximum absolute atomic E-state index is 10.9. The molecule has 1 aromatic carbocycles. The lowest BCUT2D eigenvalue weighted by molar-refractivity contribution is 0.0689. The molecule has 76 valence electrons. The van der Waals surface area contributed by atoms with E-state index in [1.807, 2.05) is 0 Å². The Kier molecular flexibility index (Phi) is 2.81. The van der Waals surface area contributed by atoms with Crippen LogP contribution in [0.1, 0.15) is 10.4 Å². The first kappa shape index (κ1) is 10.2. The minimum absolute atomic E-state index is 0.0602. The summed E-state index contributed by atoms with van der Waals surface area (Å²) in [6.07, 6.45) is 0. The standard InChI is InChI=1S/C9H11NO4/c1-13-6-4-3-5(10)8(14-2)7(6)9(11)12/h3-4H,10H2,1-2H3,(H,11,12). The van der Waals surface area contributed by atoms with Gasteiger partial charge in [0.2, 0.25) is 0 Å². The number of rotatable bonds is 3. The van der Waals surface area contributed by atoms with Crippen molar-refractivity contribution >= 4 is 11.7 Å². The summed E-state index contributed by atoms with van der Waals surface area (Å²) in [5.41, 5.74) is 5.76. The third-order valence-corrected chi connectivity index (χ3v) is 1.79. The van der Waals surface area contributed by atoms with Gasteiger partial charge in [-0.15, -0.1) is 0 Å². The fourth-order valence-corrected chi connectivity index (χ4v) is 1.17. The van der Waals surface area contributed by atoms with Crippen molar-refractivity contribution in [1.82, 2.24) is 0 Å². The molecule has 1 aromatic rings. The van der Waals surface area contributed by atoms with Gasteiger partial charge in [0.1, 0.15) is 11.3 Å². The van der Waals surface area contributed by atoms with E-state index in [0.717, 1.165) is 0 Å². The number of ether oxygens (including phenoxy) is 2. The molecule has 5 nitrogen and oxygen atoms in total. The number of hydrogen-bond acceptors (Lipinski definition) is 4. The molecule has 0 bridgehead atoms. The van der Waals surface area contributed by atoms with E-state index < -0.39 is 5.97 Å². The molecular weight excluding hydrogens is 186 g/mol. The van der Waals surface area contributed by atoms with Crippen molar-refractivity contribution < 1.29 is 19.4 Å². The van der Waals surface area contributed by atoms with Gasteiger partial charge in [0, 0.05) is 0 Å². The Labute approximate surface area is 81.0 Å². The summed E-state index contributed by atoms with van der Waals surface area (Å²) in [6.45, 7) is 0. The van der Waals surface area contributed by atoms with Crippen LogP contribution in [-0.4, -0.2) is 25.3 Å². The van der Waals surface area contributed by atoms with Crippen molar-refractivity contribution in [3.8, 4) is 11.5 Å². The number of carboxylic acid groups (broad SMARTS) is 1. The summed E-state index contributed by atoms with van der Waals surface area (Å²) >= 11 is 0. The smallest absolute Gasteiger partial charge is 0.343 e. The first-order valence-corrected chi connectivity index (χ1v) is 3.85. The van der Waals surface area contributed by atoms with Crippen molar-refractivity contribution in [2.24, 2.45) is 0 Å². The zero-order valence-corrected chi connectivity index (χ0v) is 7.90. The van der Waals surface area contributed by atoms with Gasteiger partial charge in [-0.05, 0) is 12.1 Å². The van der Waals surface area contributed by atoms with Gasteiger partial charge in [-0.1, -0.05) is 0 Å². The van der Waals surface area contributed by atoms with Crippen LogP contribution < -0.4 is 15.2 Å². The fourth-order valence-electron chi connectivity index (χ4n) is 1.17. The highest BCUT2D eigenvalue weighted by molar-refractivity contribution is 5.96. The summed E-state index contributed by atoms with van der Waals surface area (Å²) in [5, 5.41) is 8.92. The second-order valence-electron chi connectivity index (χ2n) is 2.57. The number of nitrogen functional groups attached to an aromatic ring is 1. The second-order valence-corrected chi connectivity index (χ2v) is 2.57. The molecule has 0 spiro atoms. The molecule has 14 heavy (non-hydrogen) atoms. The Morgan fingerprint density at radius 2 is 2.00 bits per heavy atom. The summed E-state index contributed by atoms with van der Waals surface area (Å²) in [4.78, 5) is 10.9. The van der Waals surface area contributed by atoms with Crippen LogP contribution in [0, 0.1) is 0 Å². The van der Waals surface area contributed by atoms with E-state index in [1.54, 1.807) is 0 Å². The Bertz CT molecular complexity index is 362. The first-order valence-electron chi connectivity index (χ1n) is 3.85. The Balaban J connectivity index is 3.43. The average Bonchev–Trinajstić information content (AvgIpc) is 2.17. The highest BCUT2D eigenvalue weighted by atomic mass is 16.5. The van der Waals surface area contributed by atoms with Crippen LogP contribution in [-0.2, 0) is 0 Å². The van der Waals surface area contributed by atoms with Crippen molar-refractivity contribution in [3.63, 3.8) is 0 Å². The maximum atomic E-state index is 10.9.